The van der Waals surface area contributed by atoms with Crippen LogP contribution in [-0.2, 0) is 10.0 Å². The van der Waals surface area contributed by atoms with Crippen LogP contribution in [0.2, 0.25) is 0 Å². The fourth-order valence-corrected chi connectivity index (χ4v) is 6.88. The third kappa shape index (κ3) is 3.08. The highest BCUT2D eigenvalue weighted by atomic mass is 32.2. The molecule has 0 spiro atoms. The predicted molar refractivity (Wildman–Crippen MR) is 123 cm³/mol. The molecule has 0 amide bonds. The Kier molecular flexibility index (Phi) is 4.40. The SMILES string of the molecule is O=S(=O)(c1ccc2ccccc2c1)n1cc(C2CCN3CCCC3C2)c2cccnc21. The first-order valence-electron chi connectivity index (χ1n) is 11.1. The van der Waals surface area contributed by atoms with Crippen LogP contribution in [0.1, 0.15) is 37.2 Å². The van der Waals surface area contributed by atoms with Crippen LogP contribution in [0.5, 0.6) is 0 Å². The van der Waals surface area contributed by atoms with Crippen LogP contribution >= 0.6 is 0 Å². The summed E-state index contributed by atoms with van der Waals surface area (Å²) in [6.45, 7) is 2.30. The van der Waals surface area contributed by atoms with Crippen molar-refractivity contribution in [2.24, 2.45) is 0 Å². The van der Waals surface area contributed by atoms with Gasteiger partial charge >= 0.3 is 0 Å². The van der Waals surface area contributed by atoms with Gasteiger partial charge < -0.3 is 4.90 Å². The summed E-state index contributed by atoms with van der Waals surface area (Å²) in [7, 11) is -3.75. The second-order valence-electron chi connectivity index (χ2n) is 8.82. The van der Waals surface area contributed by atoms with Crippen molar-refractivity contribution in [3.8, 4) is 0 Å². The highest BCUT2D eigenvalue weighted by molar-refractivity contribution is 7.90. The Morgan fingerprint density at radius 3 is 2.71 bits per heavy atom. The monoisotopic (exact) mass is 431 g/mol. The molecule has 2 unspecified atom stereocenters. The first-order valence-corrected chi connectivity index (χ1v) is 12.5. The van der Waals surface area contributed by atoms with E-state index < -0.39 is 10.0 Å². The molecule has 158 valence electrons. The molecule has 0 aliphatic carbocycles. The molecule has 4 aromatic rings. The quantitative estimate of drug-likeness (QED) is 0.469. The van der Waals surface area contributed by atoms with E-state index in [1.807, 2.05) is 48.7 Å². The lowest BCUT2D eigenvalue weighted by Gasteiger charge is -2.34. The van der Waals surface area contributed by atoms with Gasteiger partial charge in [-0.3, -0.25) is 0 Å². The van der Waals surface area contributed by atoms with E-state index >= 15 is 0 Å². The van der Waals surface area contributed by atoms with Gasteiger partial charge in [-0.15, -0.1) is 0 Å². The third-order valence-corrected chi connectivity index (χ3v) is 8.75. The van der Waals surface area contributed by atoms with Crippen molar-refractivity contribution in [1.82, 2.24) is 13.9 Å². The van der Waals surface area contributed by atoms with E-state index in [2.05, 4.69) is 9.88 Å². The molecule has 0 N–H and O–H groups in total. The maximum atomic E-state index is 13.7. The van der Waals surface area contributed by atoms with Crippen LogP contribution in [0.15, 0.2) is 71.9 Å². The molecule has 0 bridgehead atoms. The first-order chi connectivity index (χ1) is 15.1. The van der Waals surface area contributed by atoms with Crippen molar-refractivity contribution in [3.05, 3.63) is 72.6 Å². The number of hydrogen-bond acceptors (Lipinski definition) is 4. The van der Waals surface area contributed by atoms with Gasteiger partial charge in [-0.25, -0.2) is 17.4 Å². The van der Waals surface area contributed by atoms with Gasteiger partial charge in [0.25, 0.3) is 10.0 Å². The lowest BCUT2D eigenvalue weighted by Crippen LogP contribution is -2.37. The second-order valence-corrected chi connectivity index (χ2v) is 10.6. The van der Waals surface area contributed by atoms with Gasteiger partial charge in [0.05, 0.1) is 4.90 Å². The Morgan fingerprint density at radius 2 is 1.81 bits per heavy atom. The summed E-state index contributed by atoms with van der Waals surface area (Å²) in [6, 6.07) is 17.7. The van der Waals surface area contributed by atoms with Gasteiger partial charge in [-0.2, -0.15) is 0 Å². The summed E-state index contributed by atoms with van der Waals surface area (Å²) in [4.78, 5) is 7.38. The summed E-state index contributed by atoms with van der Waals surface area (Å²) in [6.07, 6.45) is 8.22. The average Bonchev–Trinajstić information content (AvgIpc) is 3.43. The van der Waals surface area contributed by atoms with Crippen LogP contribution in [0.3, 0.4) is 0 Å². The Hall–Kier alpha value is -2.70. The molecule has 6 rings (SSSR count). The fourth-order valence-electron chi connectivity index (χ4n) is 5.51. The zero-order valence-electron chi connectivity index (χ0n) is 17.3. The normalized spacial score (nSPS) is 22.2. The minimum Gasteiger partial charge on any atom is -0.300 e. The van der Waals surface area contributed by atoms with Crippen molar-refractivity contribution in [3.63, 3.8) is 0 Å². The third-order valence-electron chi connectivity index (χ3n) is 7.10. The Labute approximate surface area is 182 Å². The van der Waals surface area contributed by atoms with E-state index in [9.17, 15) is 8.42 Å². The van der Waals surface area contributed by atoms with Gasteiger partial charge in [0.2, 0.25) is 0 Å². The van der Waals surface area contributed by atoms with Crippen LogP contribution in [0.25, 0.3) is 21.8 Å². The molecule has 4 heterocycles. The Morgan fingerprint density at radius 1 is 0.935 bits per heavy atom. The molecule has 2 aromatic carbocycles. The number of nitrogens with zero attached hydrogens (tertiary/aromatic N) is 3. The topological polar surface area (TPSA) is 55.2 Å². The van der Waals surface area contributed by atoms with Gasteiger partial charge in [-0.1, -0.05) is 30.3 Å². The van der Waals surface area contributed by atoms with Crippen LogP contribution in [0.4, 0.5) is 0 Å². The van der Waals surface area contributed by atoms with E-state index in [0.29, 0.717) is 22.5 Å². The standard InChI is InChI=1S/C25H25N3O2S/c29-31(30,22-10-9-18-5-1-2-6-19(18)16-22)28-17-24(23-8-3-12-26-25(23)28)20-11-14-27-13-4-7-21(27)15-20/h1-3,5-6,8-10,12,16-17,20-21H,4,7,11,13-15H2. The molecule has 6 heteroatoms. The second kappa shape index (κ2) is 7.18. The molecule has 0 saturated carbocycles. The van der Waals surface area contributed by atoms with Crippen molar-refractivity contribution >= 4 is 31.8 Å². The van der Waals surface area contributed by atoms with Crippen molar-refractivity contribution in [2.45, 2.75) is 42.5 Å². The van der Waals surface area contributed by atoms with E-state index in [-0.39, 0.29) is 0 Å². The zero-order chi connectivity index (χ0) is 21.0. The smallest absolute Gasteiger partial charge is 0.269 e. The molecule has 0 radical (unpaired) electrons. The molecule has 2 atom stereocenters. The molecular formula is C25H25N3O2S. The summed E-state index contributed by atoms with van der Waals surface area (Å²) in [5.41, 5.74) is 1.65. The minimum atomic E-state index is -3.75. The molecule has 2 fully saturated rings. The summed E-state index contributed by atoms with van der Waals surface area (Å²) < 4.78 is 28.8. The first kappa shape index (κ1) is 19.0. The molecule has 2 aliphatic heterocycles. The van der Waals surface area contributed by atoms with Gasteiger partial charge in [0.15, 0.2) is 5.65 Å². The lowest BCUT2D eigenvalue weighted by molar-refractivity contribution is 0.181. The lowest BCUT2D eigenvalue weighted by atomic mass is 9.85. The van der Waals surface area contributed by atoms with Gasteiger partial charge in [-0.05, 0) is 85.3 Å². The number of rotatable bonds is 3. The highest BCUT2D eigenvalue weighted by Gasteiger charge is 2.34. The highest BCUT2D eigenvalue weighted by Crippen LogP contribution is 2.40. The van der Waals surface area contributed by atoms with Crippen LogP contribution in [-0.4, -0.2) is 41.4 Å². The summed E-state index contributed by atoms with van der Waals surface area (Å²) >= 11 is 0. The zero-order valence-corrected chi connectivity index (χ0v) is 18.1. The minimum absolute atomic E-state index is 0.297. The predicted octanol–water partition coefficient (Wildman–Crippen LogP) is 4.77. The molecule has 2 saturated heterocycles. The Bertz CT molecular complexity index is 1390. The molecule has 31 heavy (non-hydrogen) atoms. The number of piperidine rings is 1. The summed E-state index contributed by atoms with van der Waals surface area (Å²) in [5.74, 6) is 0.374. The summed E-state index contributed by atoms with van der Waals surface area (Å²) in [5, 5.41) is 2.91. The maximum absolute atomic E-state index is 13.7. The van der Waals surface area contributed by atoms with E-state index in [1.54, 1.807) is 18.3 Å². The Balaban J connectivity index is 1.46. The van der Waals surface area contributed by atoms with Crippen LogP contribution < -0.4 is 0 Å². The fraction of sp³-hybridized carbons (Fsp3) is 0.320. The average molecular weight is 432 g/mol. The number of hydrogen-bond donors (Lipinski definition) is 0. The van der Waals surface area contributed by atoms with Gasteiger partial charge in [0, 0.05) is 23.8 Å². The van der Waals surface area contributed by atoms with Crippen molar-refractivity contribution in [1.29, 1.82) is 0 Å². The number of aromatic nitrogens is 2. The maximum Gasteiger partial charge on any atom is 0.269 e. The largest absolute Gasteiger partial charge is 0.300 e. The van der Waals surface area contributed by atoms with Crippen molar-refractivity contribution in [2.75, 3.05) is 13.1 Å². The van der Waals surface area contributed by atoms with Crippen LogP contribution in [0, 0.1) is 0 Å². The number of pyridine rings is 1. The molecule has 2 aliphatic rings. The number of fused-ring (bicyclic) bond motifs is 3. The molecule has 5 nitrogen and oxygen atoms in total. The van der Waals surface area contributed by atoms with E-state index in [1.165, 1.54) is 23.4 Å². The number of benzene rings is 2. The van der Waals surface area contributed by atoms with Crippen molar-refractivity contribution < 1.29 is 8.42 Å². The van der Waals surface area contributed by atoms with Gasteiger partial charge in [0.1, 0.15) is 0 Å². The molecule has 2 aromatic heterocycles. The molecular weight excluding hydrogens is 406 g/mol. The van der Waals surface area contributed by atoms with E-state index in [0.717, 1.165) is 41.1 Å². The van der Waals surface area contributed by atoms with E-state index in [4.69, 9.17) is 0 Å².